The number of hydrogen-bond donors (Lipinski definition) is 1. The summed E-state index contributed by atoms with van der Waals surface area (Å²) < 4.78 is 0. The fourth-order valence-corrected chi connectivity index (χ4v) is 2.82. The Labute approximate surface area is 108 Å². The minimum Gasteiger partial charge on any atom is -0.313 e. The topological polar surface area (TPSA) is 15.3 Å². The summed E-state index contributed by atoms with van der Waals surface area (Å²) in [5.41, 5.74) is 0. The summed E-state index contributed by atoms with van der Waals surface area (Å²) in [7, 11) is 0. The Hall–Kier alpha value is -0.0800. The first kappa shape index (κ1) is 15.0. The quantitative estimate of drug-likeness (QED) is 0.766. The SMILES string of the molecule is CCCCC(CC)CN1CC(C)NCCC1C. The van der Waals surface area contributed by atoms with Crippen LogP contribution in [0.3, 0.4) is 0 Å². The van der Waals surface area contributed by atoms with Gasteiger partial charge in [0.25, 0.3) is 0 Å². The molecule has 0 aromatic rings. The molecule has 2 nitrogen and oxygen atoms in total. The monoisotopic (exact) mass is 240 g/mol. The Kier molecular flexibility index (Phi) is 7.14. The summed E-state index contributed by atoms with van der Waals surface area (Å²) in [5.74, 6) is 0.905. The van der Waals surface area contributed by atoms with Crippen molar-refractivity contribution in [2.75, 3.05) is 19.6 Å². The smallest absolute Gasteiger partial charge is 0.0166 e. The Morgan fingerprint density at radius 1 is 1.29 bits per heavy atom. The highest BCUT2D eigenvalue weighted by Crippen LogP contribution is 2.18. The summed E-state index contributed by atoms with van der Waals surface area (Å²) >= 11 is 0. The number of unbranched alkanes of at least 4 members (excludes halogenated alkanes) is 1. The van der Waals surface area contributed by atoms with Crippen LogP contribution in [0.4, 0.5) is 0 Å². The van der Waals surface area contributed by atoms with E-state index in [0.717, 1.165) is 12.0 Å². The molecule has 1 heterocycles. The van der Waals surface area contributed by atoms with Crippen LogP contribution in [0.15, 0.2) is 0 Å². The molecular formula is C15H32N2. The predicted octanol–water partition coefficient (Wildman–Crippen LogP) is 3.28. The van der Waals surface area contributed by atoms with Gasteiger partial charge in [-0.05, 0) is 39.2 Å². The highest BCUT2D eigenvalue weighted by atomic mass is 15.2. The van der Waals surface area contributed by atoms with Crippen LogP contribution in [0.1, 0.15) is 59.8 Å². The van der Waals surface area contributed by atoms with E-state index in [9.17, 15) is 0 Å². The Morgan fingerprint density at radius 3 is 2.71 bits per heavy atom. The molecule has 1 fully saturated rings. The minimum absolute atomic E-state index is 0.656. The second-order valence-corrected chi connectivity index (χ2v) is 5.86. The second-order valence-electron chi connectivity index (χ2n) is 5.86. The third kappa shape index (κ3) is 5.39. The molecule has 102 valence electrons. The minimum atomic E-state index is 0.656. The van der Waals surface area contributed by atoms with Crippen LogP contribution in [-0.4, -0.2) is 36.6 Å². The van der Waals surface area contributed by atoms with Crippen LogP contribution in [0.25, 0.3) is 0 Å². The van der Waals surface area contributed by atoms with Gasteiger partial charge in [-0.25, -0.2) is 0 Å². The van der Waals surface area contributed by atoms with Crippen molar-refractivity contribution < 1.29 is 0 Å². The zero-order valence-corrected chi connectivity index (χ0v) is 12.3. The molecule has 2 heteroatoms. The van der Waals surface area contributed by atoms with Crippen LogP contribution >= 0.6 is 0 Å². The molecule has 0 aromatic heterocycles. The Morgan fingerprint density at radius 2 is 2.06 bits per heavy atom. The third-order valence-electron chi connectivity index (χ3n) is 4.22. The Balaban J connectivity index is 2.44. The standard InChI is InChI=1S/C15H32N2/c1-5-7-8-15(6-2)12-17-11-13(3)16-10-9-14(17)4/h13-16H,5-12H2,1-4H3. The molecule has 1 rings (SSSR count). The molecule has 1 saturated heterocycles. The molecule has 0 saturated carbocycles. The van der Waals surface area contributed by atoms with Crippen LogP contribution in [0.5, 0.6) is 0 Å². The molecule has 1 aliphatic rings. The molecule has 0 bridgehead atoms. The van der Waals surface area contributed by atoms with E-state index in [-0.39, 0.29) is 0 Å². The molecular weight excluding hydrogens is 208 g/mol. The van der Waals surface area contributed by atoms with Crippen molar-refractivity contribution >= 4 is 0 Å². The second kappa shape index (κ2) is 8.10. The maximum atomic E-state index is 3.60. The molecule has 0 spiro atoms. The van der Waals surface area contributed by atoms with Gasteiger partial charge in [0.1, 0.15) is 0 Å². The number of nitrogens with zero attached hydrogens (tertiary/aromatic N) is 1. The molecule has 1 aliphatic heterocycles. The highest BCUT2D eigenvalue weighted by molar-refractivity contribution is 4.80. The van der Waals surface area contributed by atoms with Gasteiger partial charge in [0.05, 0.1) is 0 Å². The number of hydrogen-bond acceptors (Lipinski definition) is 2. The molecule has 3 unspecified atom stereocenters. The normalized spacial score (nSPS) is 28.9. The van der Waals surface area contributed by atoms with Gasteiger partial charge >= 0.3 is 0 Å². The lowest BCUT2D eigenvalue weighted by Crippen LogP contribution is -2.41. The van der Waals surface area contributed by atoms with E-state index >= 15 is 0 Å². The van der Waals surface area contributed by atoms with Gasteiger partial charge in [-0.3, -0.25) is 4.90 Å². The first-order chi connectivity index (χ1) is 8.17. The third-order valence-corrected chi connectivity index (χ3v) is 4.22. The average molecular weight is 240 g/mol. The summed E-state index contributed by atoms with van der Waals surface area (Å²) in [6, 6.07) is 1.41. The van der Waals surface area contributed by atoms with Crippen molar-refractivity contribution in [1.82, 2.24) is 10.2 Å². The lowest BCUT2D eigenvalue weighted by molar-refractivity contribution is 0.168. The van der Waals surface area contributed by atoms with Crippen LogP contribution in [0, 0.1) is 5.92 Å². The average Bonchev–Trinajstić information content (AvgIpc) is 2.47. The maximum absolute atomic E-state index is 3.60. The van der Waals surface area contributed by atoms with E-state index in [2.05, 4.69) is 37.9 Å². The zero-order chi connectivity index (χ0) is 12.7. The predicted molar refractivity (Wildman–Crippen MR) is 76.4 cm³/mol. The van der Waals surface area contributed by atoms with Gasteiger partial charge in [-0.2, -0.15) is 0 Å². The van der Waals surface area contributed by atoms with E-state index in [1.165, 1.54) is 51.7 Å². The molecule has 0 amide bonds. The van der Waals surface area contributed by atoms with Crippen LogP contribution < -0.4 is 5.32 Å². The van der Waals surface area contributed by atoms with E-state index in [1.807, 2.05) is 0 Å². The summed E-state index contributed by atoms with van der Waals surface area (Å²) in [6.07, 6.45) is 6.79. The highest BCUT2D eigenvalue weighted by Gasteiger charge is 2.22. The number of rotatable bonds is 6. The lowest BCUT2D eigenvalue weighted by Gasteiger charge is -2.31. The first-order valence-corrected chi connectivity index (χ1v) is 7.64. The molecule has 3 atom stereocenters. The van der Waals surface area contributed by atoms with Crippen LogP contribution in [0.2, 0.25) is 0 Å². The van der Waals surface area contributed by atoms with E-state index < -0.39 is 0 Å². The first-order valence-electron chi connectivity index (χ1n) is 7.64. The van der Waals surface area contributed by atoms with E-state index in [4.69, 9.17) is 0 Å². The van der Waals surface area contributed by atoms with Crippen molar-refractivity contribution in [2.24, 2.45) is 5.92 Å². The van der Waals surface area contributed by atoms with Crippen molar-refractivity contribution in [2.45, 2.75) is 71.9 Å². The fraction of sp³-hybridized carbons (Fsp3) is 1.00. The molecule has 17 heavy (non-hydrogen) atoms. The van der Waals surface area contributed by atoms with Crippen molar-refractivity contribution in [1.29, 1.82) is 0 Å². The zero-order valence-electron chi connectivity index (χ0n) is 12.3. The Bertz CT molecular complexity index is 193. The molecule has 0 aliphatic carbocycles. The van der Waals surface area contributed by atoms with E-state index in [0.29, 0.717) is 6.04 Å². The molecule has 0 aromatic carbocycles. The largest absolute Gasteiger partial charge is 0.313 e. The van der Waals surface area contributed by atoms with Crippen molar-refractivity contribution in [3.8, 4) is 0 Å². The van der Waals surface area contributed by atoms with Crippen molar-refractivity contribution in [3.05, 3.63) is 0 Å². The van der Waals surface area contributed by atoms with Crippen LogP contribution in [-0.2, 0) is 0 Å². The fourth-order valence-electron chi connectivity index (χ4n) is 2.82. The van der Waals surface area contributed by atoms with Crippen molar-refractivity contribution in [3.63, 3.8) is 0 Å². The summed E-state index contributed by atoms with van der Waals surface area (Å²) in [6.45, 7) is 13.1. The maximum Gasteiger partial charge on any atom is 0.0166 e. The van der Waals surface area contributed by atoms with Gasteiger partial charge in [0, 0.05) is 25.2 Å². The van der Waals surface area contributed by atoms with Gasteiger partial charge in [-0.15, -0.1) is 0 Å². The van der Waals surface area contributed by atoms with Gasteiger partial charge < -0.3 is 5.32 Å². The van der Waals surface area contributed by atoms with E-state index in [1.54, 1.807) is 0 Å². The lowest BCUT2D eigenvalue weighted by atomic mass is 9.97. The number of nitrogens with one attached hydrogen (secondary N) is 1. The molecule has 1 N–H and O–H groups in total. The van der Waals surface area contributed by atoms with Gasteiger partial charge in [0.15, 0.2) is 0 Å². The summed E-state index contributed by atoms with van der Waals surface area (Å²) in [4.78, 5) is 2.72. The summed E-state index contributed by atoms with van der Waals surface area (Å²) in [5, 5.41) is 3.60. The van der Waals surface area contributed by atoms with Gasteiger partial charge in [-0.1, -0.05) is 33.1 Å². The van der Waals surface area contributed by atoms with Gasteiger partial charge in [0.2, 0.25) is 0 Å². The molecule has 0 radical (unpaired) electrons.